The van der Waals surface area contributed by atoms with Gasteiger partial charge in [0.2, 0.25) is 0 Å². The molecule has 194 valence electrons. The number of aliphatic hydroxyl groups excluding tert-OH is 2. The van der Waals surface area contributed by atoms with E-state index in [4.69, 9.17) is 9.84 Å². The molecular weight excluding hydrogens is 493 g/mol. The van der Waals surface area contributed by atoms with E-state index >= 15 is 0 Å². The average Bonchev–Trinajstić information content (AvgIpc) is 3.31. The summed E-state index contributed by atoms with van der Waals surface area (Å²) >= 11 is 0. The van der Waals surface area contributed by atoms with E-state index < -0.39 is 30.5 Å². The molecule has 0 unspecified atom stereocenters. The van der Waals surface area contributed by atoms with Gasteiger partial charge >= 0.3 is 12.2 Å². The number of aliphatic hydroxyl groups is 2. The number of nitrogens with one attached hydrogen (secondary N) is 1. The van der Waals surface area contributed by atoms with Crippen molar-refractivity contribution >= 4 is 23.2 Å². The van der Waals surface area contributed by atoms with E-state index in [2.05, 4.69) is 20.3 Å². The Morgan fingerprint density at radius 1 is 1.24 bits per heavy atom. The van der Waals surface area contributed by atoms with Crippen LogP contribution in [0.2, 0.25) is 0 Å². The average molecular weight is 516 g/mol. The molecule has 1 fully saturated rings. The van der Waals surface area contributed by atoms with E-state index in [-0.39, 0.29) is 29.8 Å². The van der Waals surface area contributed by atoms with Gasteiger partial charge < -0.3 is 25.2 Å². The number of aromatic nitrogens is 3. The summed E-state index contributed by atoms with van der Waals surface area (Å²) in [6, 6.07) is 5.58. The predicted octanol–water partition coefficient (Wildman–Crippen LogP) is 2.92. The van der Waals surface area contributed by atoms with Crippen molar-refractivity contribution in [3.8, 4) is 17.1 Å². The van der Waals surface area contributed by atoms with Gasteiger partial charge in [-0.25, -0.2) is 14.8 Å². The maximum Gasteiger partial charge on any atom is 0.416 e. The number of alkyl halides is 3. The van der Waals surface area contributed by atoms with E-state index in [1.165, 1.54) is 41.7 Å². The lowest BCUT2D eigenvalue weighted by Crippen LogP contribution is -2.48. The lowest BCUT2D eigenvalue weighted by Gasteiger charge is -2.35. The molecule has 0 radical (unpaired) electrons. The minimum atomic E-state index is -4.51. The van der Waals surface area contributed by atoms with Crippen LogP contribution >= 0.6 is 0 Å². The zero-order chi connectivity index (χ0) is 26.2. The van der Waals surface area contributed by atoms with Crippen LogP contribution in [-0.2, 0) is 6.18 Å². The van der Waals surface area contributed by atoms with Gasteiger partial charge in [0.1, 0.15) is 18.5 Å². The fraction of sp³-hybridized carbons (Fsp3) is 0.333. The number of halogens is 3. The maximum atomic E-state index is 13.4. The van der Waals surface area contributed by atoms with Gasteiger partial charge in [-0.15, -0.1) is 0 Å². The van der Waals surface area contributed by atoms with Crippen LogP contribution in [-0.4, -0.2) is 69.6 Å². The molecule has 4 heterocycles. The third-order valence-electron chi connectivity index (χ3n) is 6.13. The van der Waals surface area contributed by atoms with E-state index in [0.29, 0.717) is 36.7 Å². The Bertz CT molecular complexity index is 1310. The molecule has 2 aliphatic rings. The van der Waals surface area contributed by atoms with Gasteiger partial charge in [0.15, 0.2) is 11.6 Å². The highest BCUT2D eigenvalue weighted by atomic mass is 19.4. The Kier molecular flexibility index (Phi) is 6.56. The van der Waals surface area contributed by atoms with Crippen LogP contribution in [0, 0.1) is 0 Å². The number of hydrogen-bond acceptors (Lipinski definition) is 8. The lowest BCUT2D eigenvalue weighted by atomic mass is 10.1. The first kappa shape index (κ1) is 24.7. The molecule has 1 aromatic carbocycles. The summed E-state index contributed by atoms with van der Waals surface area (Å²) in [6.45, 7) is 0.655. The fourth-order valence-corrected chi connectivity index (χ4v) is 4.34. The van der Waals surface area contributed by atoms with Gasteiger partial charge in [0.05, 0.1) is 48.2 Å². The largest absolute Gasteiger partial charge is 0.489 e. The third kappa shape index (κ3) is 5.13. The van der Waals surface area contributed by atoms with Gasteiger partial charge in [-0.1, -0.05) is 12.1 Å². The second-order valence-corrected chi connectivity index (χ2v) is 8.73. The SMILES string of the molecule is O=C(Nc1cncc(OC[C@@H](O)CO)c1)N1c2nc(-c3cccc(C(F)(F)F)c3)ncc2N2CC[C@H]1C2. The summed E-state index contributed by atoms with van der Waals surface area (Å²) in [5, 5.41) is 21.2. The number of carbonyl (C=O) groups excluding carboxylic acids is 1. The number of rotatable bonds is 6. The van der Waals surface area contributed by atoms with Crippen molar-refractivity contribution in [2.45, 2.75) is 24.7 Å². The van der Waals surface area contributed by atoms with Crippen LogP contribution in [0.15, 0.2) is 48.9 Å². The van der Waals surface area contributed by atoms with E-state index in [1.54, 1.807) is 0 Å². The minimum absolute atomic E-state index is 0.0738. The molecular formula is C24H23F3N6O4. The van der Waals surface area contributed by atoms with Crippen LogP contribution in [0.25, 0.3) is 11.4 Å². The Morgan fingerprint density at radius 2 is 2.08 bits per heavy atom. The normalized spacial score (nSPS) is 17.4. The van der Waals surface area contributed by atoms with Gasteiger partial charge in [-0.3, -0.25) is 9.88 Å². The molecule has 3 N–H and O–H groups in total. The molecule has 13 heteroatoms. The van der Waals surface area contributed by atoms with Gasteiger partial charge in [0.25, 0.3) is 0 Å². The Balaban J connectivity index is 1.42. The number of ether oxygens (including phenoxy) is 1. The first-order chi connectivity index (χ1) is 17.7. The number of benzene rings is 1. The van der Waals surface area contributed by atoms with Crippen molar-refractivity contribution in [1.29, 1.82) is 0 Å². The highest BCUT2D eigenvalue weighted by Crippen LogP contribution is 2.40. The zero-order valence-electron chi connectivity index (χ0n) is 19.4. The van der Waals surface area contributed by atoms with Crippen molar-refractivity contribution in [2.75, 3.05) is 41.4 Å². The van der Waals surface area contributed by atoms with Gasteiger partial charge in [-0.05, 0) is 18.6 Å². The molecule has 37 heavy (non-hydrogen) atoms. The van der Waals surface area contributed by atoms with Crippen molar-refractivity contribution in [3.63, 3.8) is 0 Å². The molecule has 2 atom stereocenters. The van der Waals surface area contributed by atoms with Crippen LogP contribution in [0.1, 0.15) is 12.0 Å². The Labute approximate surface area is 209 Å². The molecule has 0 aliphatic carbocycles. The molecule has 5 rings (SSSR count). The number of anilines is 3. The van der Waals surface area contributed by atoms with Crippen molar-refractivity contribution in [1.82, 2.24) is 15.0 Å². The van der Waals surface area contributed by atoms with Crippen LogP contribution in [0.3, 0.4) is 0 Å². The van der Waals surface area contributed by atoms with Crippen molar-refractivity contribution < 1.29 is 32.9 Å². The first-order valence-electron chi connectivity index (χ1n) is 11.5. The molecule has 0 spiro atoms. The van der Waals surface area contributed by atoms with E-state index in [9.17, 15) is 23.1 Å². The molecule has 2 aromatic heterocycles. The number of urea groups is 1. The number of pyridine rings is 1. The highest BCUT2D eigenvalue weighted by molar-refractivity contribution is 6.04. The van der Waals surface area contributed by atoms with Gasteiger partial charge in [-0.2, -0.15) is 13.2 Å². The number of carbonyl (C=O) groups is 1. The minimum Gasteiger partial charge on any atom is -0.489 e. The smallest absolute Gasteiger partial charge is 0.416 e. The number of amides is 2. The van der Waals surface area contributed by atoms with Crippen molar-refractivity contribution in [2.24, 2.45) is 0 Å². The van der Waals surface area contributed by atoms with Crippen LogP contribution in [0.4, 0.5) is 35.2 Å². The predicted molar refractivity (Wildman–Crippen MR) is 127 cm³/mol. The molecule has 2 aliphatic heterocycles. The second kappa shape index (κ2) is 9.82. The highest BCUT2D eigenvalue weighted by Gasteiger charge is 2.41. The topological polar surface area (TPSA) is 124 Å². The summed E-state index contributed by atoms with van der Waals surface area (Å²) in [5.74, 6) is 0.662. The maximum absolute atomic E-state index is 13.4. The standard InChI is InChI=1S/C24H23F3N6O4/c25-24(26,27)15-3-1-2-14(6-15)21-29-10-20-22(31-21)33(17-4-5-32(20)11-17)23(36)30-16-7-19(9-28-8-16)37-13-18(35)12-34/h1-3,6-10,17-18,34-35H,4-5,11-13H2,(H,30,36)/t17-,18-/m0/s1. The number of fused-ring (bicyclic) bond motifs is 4. The van der Waals surface area contributed by atoms with Crippen LogP contribution in [0.5, 0.6) is 5.75 Å². The van der Waals surface area contributed by atoms with Crippen LogP contribution < -0.4 is 19.9 Å². The monoisotopic (exact) mass is 516 g/mol. The molecule has 3 aromatic rings. The van der Waals surface area contributed by atoms with Crippen molar-refractivity contribution in [3.05, 3.63) is 54.5 Å². The summed E-state index contributed by atoms with van der Waals surface area (Å²) < 4.78 is 45.1. The summed E-state index contributed by atoms with van der Waals surface area (Å²) in [4.78, 5) is 29.8. The third-order valence-corrected chi connectivity index (χ3v) is 6.13. The van der Waals surface area contributed by atoms with Gasteiger partial charge in [0, 0.05) is 24.7 Å². The molecule has 1 saturated heterocycles. The first-order valence-corrected chi connectivity index (χ1v) is 11.5. The quantitative estimate of drug-likeness (QED) is 0.457. The Morgan fingerprint density at radius 3 is 2.86 bits per heavy atom. The molecule has 2 bridgehead atoms. The zero-order valence-corrected chi connectivity index (χ0v) is 19.4. The fourth-order valence-electron chi connectivity index (χ4n) is 4.34. The molecule has 10 nitrogen and oxygen atoms in total. The number of hydrogen-bond donors (Lipinski definition) is 3. The van der Waals surface area contributed by atoms with E-state index in [0.717, 1.165) is 12.1 Å². The lowest BCUT2D eigenvalue weighted by molar-refractivity contribution is -0.137. The summed E-state index contributed by atoms with van der Waals surface area (Å²) in [5.41, 5.74) is 0.318. The molecule has 0 saturated carbocycles. The summed E-state index contributed by atoms with van der Waals surface area (Å²) in [7, 11) is 0. The number of nitrogens with zero attached hydrogens (tertiary/aromatic N) is 5. The Hall–Kier alpha value is -3.97. The summed E-state index contributed by atoms with van der Waals surface area (Å²) in [6.07, 6.45) is -0.527. The second-order valence-electron chi connectivity index (χ2n) is 8.73. The van der Waals surface area contributed by atoms with E-state index in [1.807, 2.05) is 4.90 Å². The molecule has 2 amide bonds.